The van der Waals surface area contributed by atoms with Gasteiger partial charge in [0.15, 0.2) is 0 Å². The van der Waals surface area contributed by atoms with Crippen molar-refractivity contribution in [1.29, 1.82) is 5.26 Å². The number of nitrogen functional groups attached to an aromatic ring is 1. The molecule has 0 atom stereocenters. The molecule has 1 saturated heterocycles. The summed E-state index contributed by atoms with van der Waals surface area (Å²) in [5.41, 5.74) is 11.4. The van der Waals surface area contributed by atoms with Gasteiger partial charge in [-0.1, -0.05) is 6.07 Å². The highest BCUT2D eigenvalue weighted by molar-refractivity contribution is 7.21. The zero-order valence-electron chi connectivity index (χ0n) is 15.6. The van der Waals surface area contributed by atoms with E-state index in [2.05, 4.69) is 26.6 Å². The van der Waals surface area contributed by atoms with E-state index in [4.69, 9.17) is 10.7 Å². The molecule has 1 fully saturated rings. The van der Waals surface area contributed by atoms with Crippen LogP contribution >= 0.6 is 11.3 Å². The second-order valence-corrected chi connectivity index (χ2v) is 8.19. The standard InChI is InChI=1S/C21H19N7S/c22-9-13-2-1-3-17-19(13)27-21(29-17)15-8-14(10-25-20(15)23)16-11-26-28-18(16)12-4-6-24-7-5-12/h1-3,8,10-12,24H,4-7H2,(H2,23,25)(H,26,28). The van der Waals surface area contributed by atoms with Gasteiger partial charge in [0.2, 0.25) is 0 Å². The van der Waals surface area contributed by atoms with Gasteiger partial charge >= 0.3 is 0 Å². The topological polar surface area (TPSA) is 116 Å². The summed E-state index contributed by atoms with van der Waals surface area (Å²) in [5.74, 6) is 0.883. The number of H-pyrrole nitrogens is 1. The van der Waals surface area contributed by atoms with E-state index >= 15 is 0 Å². The molecule has 1 aliphatic rings. The summed E-state index contributed by atoms with van der Waals surface area (Å²) in [5, 5.41) is 21.0. The minimum atomic E-state index is 0.429. The van der Waals surface area contributed by atoms with E-state index in [1.165, 1.54) is 11.3 Å². The molecule has 0 saturated carbocycles. The SMILES string of the molecule is N#Cc1cccc2sc(-c3cc(-c4cn[nH]c4C4CCNCC4)cnc3N)nc12. The number of hydrogen-bond acceptors (Lipinski definition) is 7. The monoisotopic (exact) mass is 401 g/mol. The smallest absolute Gasteiger partial charge is 0.133 e. The molecule has 0 bridgehead atoms. The van der Waals surface area contributed by atoms with Gasteiger partial charge < -0.3 is 11.1 Å². The Morgan fingerprint density at radius 2 is 2.03 bits per heavy atom. The number of nitriles is 1. The average molecular weight is 401 g/mol. The third-order valence-corrected chi connectivity index (χ3v) is 6.47. The second kappa shape index (κ2) is 7.28. The van der Waals surface area contributed by atoms with Crippen LogP contribution in [0.5, 0.6) is 0 Å². The van der Waals surface area contributed by atoms with Crippen LogP contribution in [0.4, 0.5) is 5.82 Å². The Bertz CT molecular complexity index is 1230. The lowest BCUT2D eigenvalue weighted by atomic mass is 9.90. The summed E-state index contributed by atoms with van der Waals surface area (Å²) in [6.45, 7) is 2.03. The first kappa shape index (κ1) is 17.8. The predicted molar refractivity (Wildman–Crippen MR) is 114 cm³/mol. The van der Waals surface area contributed by atoms with E-state index in [1.54, 1.807) is 12.3 Å². The third-order valence-electron chi connectivity index (χ3n) is 5.42. The van der Waals surface area contributed by atoms with Gasteiger partial charge in [-0.2, -0.15) is 10.4 Å². The van der Waals surface area contributed by atoms with Crippen LogP contribution in [0.25, 0.3) is 31.9 Å². The minimum absolute atomic E-state index is 0.429. The molecule has 4 aromatic rings. The Morgan fingerprint density at radius 3 is 2.86 bits per heavy atom. The van der Waals surface area contributed by atoms with Crippen molar-refractivity contribution in [3.8, 4) is 27.8 Å². The van der Waals surface area contributed by atoms with E-state index < -0.39 is 0 Å². The van der Waals surface area contributed by atoms with Crippen molar-refractivity contribution >= 4 is 27.4 Å². The number of hydrogen-bond donors (Lipinski definition) is 3. The molecular weight excluding hydrogens is 382 g/mol. The number of thiazole rings is 1. The quantitative estimate of drug-likeness (QED) is 0.482. The summed E-state index contributed by atoms with van der Waals surface area (Å²) >= 11 is 1.52. The zero-order valence-corrected chi connectivity index (χ0v) is 16.5. The normalized spacial score (nSPS) is 14.9. The molecule has 4 heterocycles. The molecular formula is C21H19N7S. The van der Waals surface area contributed by atoms with E-state index in [9.17, 15) is 5.26 Å². The average Bonchev–Trinajstić information content (AvgIpc) is 3.42. The molecule has 7 nitrogen and oxygen atoms in total. The Balaban J connectivity index is 1.59. The van der Waals surface area contributed by atoms with Crippen molar-refractivity contribution in [2.75, 3.05) is 18.8 Å². The number of anilines is 1. The molecule has 0 amide bonds. The van der Waals surface area contributed by atoms with Crippen LogP contribution in [0.1, 0.15) is 30.0 Å². The number of aromatic amines is 1. The summed E-state index contributed by atoms with van der Waals surface area (Å²) in [6.07, 6.45) is 5.82. The highest BCUT2D eigenvalue weighted by Crippen LogP contribution is 2.38. The number of fused-ring (bicyclic) bond motifs is 1. The maximum absolute atomic E-state index is 9.36. The molecule has 29 heavy (non-hydrogen) atoms. The molecule has 0 unspecified atom stereocenters. The molecule has 8 heteroatoms. The van der Waals surface area contributed by atoms with E-state index in [-0.39, 0.29) is 0 Å². The molecule has 5 rings (SSSR count). The van der Waals surface area contributed by atoms with Crippen molar-refractivity contribution < 1.29 is 0 Å². The number of nitrogens with zero attached hydrogens (tertiary/aromatic N) is 4. The van der Waals surface area contributed by atoms with Gasteiger partial charge in [-0.05, 0) is 44.1 Å². The number of para-hydroxylation sites is 1. The van der Waals surface area contributed by atoms with Gasteiger partial charge in [-0.15, -0.1) is 11.3 Å². The van der Waals surface area contributed by atoms with Crippen molar-refractivity contribution in [2.24, 2.45) is 0 Å². The van der Waals surface area contributed by atoms with Gasteiger partial charge in [-0.3, -0.25) is 5.10 Å². The Kier molecular flexibility index (Phi) is 4.46. The maximum atomic E-state index is 9.36. The number of piperidine rings is 1. The molecule has 1 aliphatic heterocycles. The van der Waals surface area contributed by atoms with Crippen molar-refractivity contribution in [1.82, 2.24) is 25.5 Å². The number of pyridine rings is 1. The van der Waals surface area contributed by atoms with Crippen molar-refractivity contribution in [2.45, 2.75) is 18.8 Å². The molecule has 1 aromatic carbocycles. The minimum Gasteiger partial charge on any atom is -0.383 e. The van der Waals surface area contributed by atoms with Gasteiger partial charge in [0.25, 0.3) is 0 Å². The Morgan fingerprint density at radius 1 is 1.17 bits per heavy atom. The van der Waals surface area contributed by atoms with Crippen molar-refractivity contribution in [3.63, 3.8) is 0 Å². The predicted octanol–water partition coefficient (Wildman–Crippen LogP) is 3.67. The number of rotatable bonds is 3. The van der Waals surface area contributed by atoms with Crippen LogP contribution < -0.4 is 11.1 Å². The van der Waals surface area contributed by atoms with Gasteiger partial charge in [-0.25, -0.2) is 9.97 Å². The molecule has 0 radical (unpaired) electrons. The molecule has 3 aromatic heterocycles. The first-order valence-corrected chi connectivity index (χ1v) is 10.4. The number of benzene rings is 1. The van der Waals surface area contributed by atoms with Gasteiger partial charge in [0.1, 0.15) is 16.9 Å². The molecule has 4 N–H and O–H groups in total. The first-order chi connectivity index (χ1) is 14.2. The maximum Gasteiger partial charge on any atom is 0.133 e. The number of aromatic nitrogens is 4. The molecule has 0 spiro atoms. The number of nitrogens with one attached hydrogen (secondary N) is 2. The van der Waals surface area contributed by atoms with Crippen molar-refractivity contribution in [3.05, 3.63) is 47.9 Å². The summed E-state index contributed by atoms with van der Waals surface area (Å²) < 4.78 is 0.961. The lowest BCUT2D eigenvalue weighted by Crippen LogP contribution is -2.27. The van der Waals surface area contributed by atoms with E-state index in [1.807, 2.05) is 24.4 Å². The second-order valence-electron chi connectivity index (χ2n) is 7.16. The largest absolute Gasteiger partial charge is 0.383 e. The lowest BCUT2D eigenvalue weighted by Gasteiger charge is -2.22. The highest BCUT2D eigenvalue weighted by atomic mass is 32.1. The van der Waals surface area contributed by atoms with E-state index in [0.717, 1.165) is 58.0 Å². The van der Waals surface area contributed by atoms with Crippen LogP contribution in [0.15, 0.2) is 36.7 Å². The summed E-state index contributed by atoms with van der Waals surface area (Å²) in [6, 6.07) is 9.86. The fourth-order valence-electron chi connectivity index (χ4n) is 3.90. The number of nitrogens with two attached hydrogens (primary N) is 1. The van der Waals surface area contributed by atoms with Crippen LogP contribution in [-0.4, -0.2) is 33.3 Å². The third kappa shape index (κ3) is 3.14. The van der Waals surface area contributed by atoms with Gasteiger partial charge in [0.05, 0.1) is 27.5 Å². The molecule has 144 valence electrons. The zero-order chi connectivity index (χ0) is 19.8. The lowest BCUT2D eigenvalue weighted by molar-refractivity contribution is 0.453. The van der Waals surface area contributed by atoms with Crippen LogP contribution in [0.2, 0.25) is 0 Å². The first-order valence-electron chi connectivity index (χ1n) is 9.54. The highest BCUT2D eigenvalue weighted by Gasteiger charge is 2.22. The van der Waals surface area contributed by atoms with E-state index in [0.29, 0.717) is 22.8 Å². The van der Waals surface area contributed by atoms with Crippen LogP contribution in [0, 0.1) is 11.3 Å². The van der Waals surface area contributed by atoms with Crippen LogP contribution in [-0.2, 0) is 0 Å². The molecule has 0 aliphatic carbocycles. The summed E-state index contributed by atoms with van der Waals surface area (Å²) in [4.78, 5) is 9.13. The Hall–Kier alpha value is -3.28. The fraction of sp³-hybridized carbons (Fsp3) is 0.238. The fourth-order valence-corrected chi connectivity index (χ4v) is 4.91. The summed E-state index contributed by atoms with van der Waals surface area (Å²) in [7, 11) is 0. The van der Waals surface area contributed by atoms with Crippen LogP contribution in [0.3, 0.4) is 0 Å². The Labute approximate surface area is 171 Å². The van der Waals surface area contributed by atoms with Gasteiger partial charge in [0, 0.05) is 28.9 Å².